The largest absolute Gasteiger partial charge is 0.389 e. The summed E-state index contributed by atoms with van der Waals surface area (Å²) in [5, 5.41) is 9.97. The lowest BCUT2D eigenvalue weighted by Gasteiger charge is -2.47. The molecule has 0 bridgehead atoms. The van der Waals surface area contributed by atoms with Crippen LogP contribution in [0.5, 0.6) is 0 Å². The molecular weight excluding hydrogens is 288 g/mol. The van der Waals surface area contributed by atoms with Crippen molar-refractivity contribution in [2.75, 3.05) is 39.9 Å². The summed E-state index contributed by atoms with van der Waals surface area (Å²) in [7, 11) is 1.65. The summed E-state index contributed by atoms with van der Waals surface area (Å²) in [6.07, 6.45) is 3.48. The van der Waals surface area contributed by atoms with E-state index in [1.165, 1.54) is 31.4 Å². The first-order valence-electron chi connectivity index (χ1n) is 8.93. The van der Waals surface area contributed by atoms with E-state index in [2.05, 4.69) is 40.1 Å². The van der Waals surface area contributed by atoms with Gasteiger partial charge in [0.05, 0.1) is 12.7 Å². The molecule has 0 unspecified atom stereocenters. The Morgan fingerprint density at radius 2 is 2.04 bits per heavy atom. The summed E-state index contributed by atoms with van der Waals surface area (Å²) >= 11 is 0. The van der Waals surface area contributed by atoms with Crippen LogP contribution in [0.15, 0.2) is 30.3 Å². The van der Waals surface area contributed by atoms with Crippen molar-refractivity contribution in [2.45, 2.75) is 38.0 Å². The maximum atomic E-state index is 9.97. The van der Waals surface area contributed by atoms with Crippen molar-refractivity contribution in [3.8, 4) is 0 Å². The second-order valence-corrected chi connectivity index (χ2v) is 7.08. The van der Waals surface area contributed by atoms with Crippen LogP contribution in [0.3, 0.4) is 0 Å². The second-order valence-electron chi connectivity index (χ2n) is 7.08. The topological polar surface area (TPSA) is 35.9 Å². The summed E-state index contributed by atoms with van der Waals surface area (Å²) in [4.78, 5) is 5.11. The molecule has 2 fully saturated rings. The lowest BCUT2D eigenvalue weighted by Crippen LogP contribution is -2.54. The number of β-amino-alcohol motifs (C(OH)–C–C–N with tert-alkyl or cyclic N) is 1. The molecule has 2 saturated heterocycles. The number of aliphatic hydroxyl groups excluding tert-OH is 1. The predicted octanol–water partition coefficient (Wildman–Crippen LogP) is 1.98. The van der Waals surface area contributed by atoms with Gasteiger partial charge in [0.15, 0.2) is 0 Å². The van der Waals surface area contributed by atoms with Gasteiger partial charge in [0.25, 0.3) is 0 Å². The molecule has 2 heterocycles. The quantitative estimate of drug-likeness (QED) is 0.870. The average molecular weight is 318 g/mol. The molecule has 4 heteroatoms. The molecule has 3 rings (SSSR count). The van der Waals surface area contributed by atoms with Gasteiger partial charge in [0.1, 0.15) is 0 Å². The number of ether oxygens (including phenoxy) is 1. The number of piperidine rings is 2. The summed E-state index contributed by atoms with van der Waals surface area (Å²) in [5.41, 5.74) is 1.42. The molecule has 1 aromatic carbocycles. The second kappa shape index (κ2) is 8.25. The average Bonchev–Trinajstić information content (AvgIpc) is 2.56. The minimum atomic E-state index is -0.361. The number of nitrogens with zero attached hydrogens (tertiary/aromatic N) is 2. The Hall–Kier alpha value is -0.940. The molecule has 0 amide bonds. The van der Waals surface area contributed by atoms with Gasteiger partial charge in [-0.1, -0.05) is 30.3 Å². The molecule has 1 aromatic rings. The van der Waals surface area contributed by atoms with Crippen molar-refractivity contribution in [3.63, 3.8) is 0 Å². The van der Waals surface area contributed by atoms with E-state index in [-0.39, 0.29) is 6.10 Å². The van der Waals surface area contributed by atoms with Gasteiger partial charge in [0, 0.05) is 32.8 Å². The zero-order chi connectivity index (χ0) is 16.1. The van der Waals surface area contributed by atoms with Crippen molar-refractivity contribution in [1.29, 1.82) is 0 Å². The maximum absolute atomic E-state index is 9.97. The van der Waals surface area contributed by atoms with Crippen LogP contribution in [0.2, 0.25) is 0 Å². The van der Waals surface area contributed by atoms with Crippen molar-refractivity contribution in [3.05, 3.63) is 35.9 Å². The Labute approximate surface area is 140 Å². The third kappa shape index (κ3) is 4.54. The number of aliphatic hydroxyl groups is 1. The molecule has 0 saturated carbocycles. The first-order chi connectivity index (χ1) is 11.3. The lowest BCUT2D eigenvalue weighted by atomic mass is 9.83. The van der Waals surface area contributed by atoms with Gasteiger partial charge in [-0.15, -0.1) is 0 Å². The van der Waals surface area contributed by atoms with E-state index in [9.17, 15) is 5.11 Å². The fourth-order valence-electron chi connectivity index (χ4n) is 4.31. The zero-order valence-corrected chi connectivity index (χ0v) is 14.2. The Bertz CT molecular complexity index is 468. The summed E-state index contributed by atoms with van der Waals surface area (Å²) in [6, 6.07) is 11.5. The van der Waals surface area contributed by atoms with Crippen molar-refractivity contribution in [2.24, 2.45) is 5.92 Å². The molecule has 2 aliphatic rings. The van der Waals surface area contributed by atoms with E-state index >= 15 is 0 Å². The van der Waals surface area contributed by atoms with Crippen LogP contribution in [-0.2, 0) is 11.3 Å². The van der Waals surface area contributed by atoms with Crippen LogP contribution in [0.25, 0.3) is 0 Å². The Kier molecular flexibility index (Phi) is 6.06. The highest BCUT2D eigenvalue weighted by Gasteiger charge is 2.36. The Morgan fingerprint density at radius 3 is 2.83 bits per heavy atom. The number of likely N-dealkylation sites (tertiary alicyclic amines) is 2. The van der Waals surface area contributed by atoms with Crippen LogP contribution in [0.4, 0.5) is 0 Å². The smallest absolute Gasteiger partial charge is 0.0900 e. The van der Waals surface area contributed by atoms with Crippen LogP contribution in [0.1, 0.15) is 24.8 Å². The van der Waals surface area contributed by atoms with E-state index in [1.54, 1.807) is 7.11 Å². The van der Waals surface area contributed by atoms with Gasteiger partial charge < -0.3 is 14.7 Å². The number of fused-ring (bicyclic) bond motifs is 1. The number of rotatable bonds is 6. The van der Waals surface area contributed by atoms with Gasteiger partial charge in [-0.2, -0.15) is 0 Å². The van der Waals surface area contributed by atoms with Crippen molar-refractivity contribution in [1.82, 2.24) is 9.80 Å². The van der Waals surface area contributed by atoms with Gasteiger partial charge >= 0.3 is 0 Å². The van der Waals surface area contributed by atoms with Gasteiger partial charge in [0.2, 0.25) is 0 Å². The van der Waals surface area contributed by atoms with Gasteiger partial charge in [-0.25, -0.2) is 0 Å². The van der Waals surface area contributed by atoms with E-state index in [1.807, 2.05) is 0 Å². The van der Waals surface area contributed by atoms with Crippen LogP contribution in [0, 0.1) is 5.92 Å². The molecular formula is C19H30N2O2. The first-order valence-corrected chi connectivity index (χ1v) is 8.93. The van der Waals surface area contributed by atoms with Crippen LogP contribution in [-0.4, -0.2) is 66.9 Å². The van der Waals surface area contributed by atoms with Gasteiger partial charge in [-0.05, 0) is 43.8 Å². The van der Waals surface area contributed by atoms with Crippen LogP contribution >= 0.6 is 0 Å². The molecule has 0 aromatic heterocycles. The molecule has 23 heavy (non-hydrogen) atoms. The molecule has 0 aliphatic carbocycles. The highest BCUT2D eigenvalue weighted by atomic mass is 16.5. The van der Waals surface area contributed by atoms with E-state index in [0.29, 0.717) is 12.6 Å². The molecule has 0 radical (unpaired) electrons. The summed E-state index contributed by atoms with van der Waals surface area (Å²) in [5.74, 6) is 0.746. The number of methoxy groups -OCH3 is 1. The fraction of sp³-hybridized carbons (Fsp3) is 0.684. The lowest BCUT2D eigenvalue weighted by molar-refractivity contribution is -0.0115. The third-order valence-electron chi connectivity index (χ3n) is 5.32. The fourth-order valence-corrected chi connectivity index (χ4v) is 4.31. The zero-order valence-electron chi connectivity index (χ0n) is 14.2. The molecule has 3 atom stereocenters. The van der Waals surface area contributed by atoms with E-state index in [0.717, 1.165) is 32.1 Å². The highest BCUT2D eigenvalue weighted by molar-refractivity contribution is 5.15. The summed E-state index contributed by atoms with van der Waals surface area (Å²) in [6.45, 7) is 5.70. The molecule has 2 aliphatic heterocycles. The van der Waals surface area contributed by atoms with E-state index in [4.69, 9.17) is 4.74 Å². The standard InChI is InChI=1S/C19H30N2O2/c1-23-15-18(22)14-20-11-9-19-17(13-20)8-5-10-21(19)12-16-6-3-2-4-7-16/h2-4,6-7,17-19,22H,5,8-15H2,1H3/t17-,18-,19-/m1/s1. The number of hydrogen-bond donors (Lipinski definition) is 1. The maximum Gasteiger partial charge on any atom is 0.0900 e. The Morgan fingerprint density at radius 1 is 1.22 bits per heavy atom. The molecule has 128 valence electrons. The van der Waals surface area contributed by atoms with Gasteiger partial charge in [-0.3, -0.25) is 4.90 Å². The number of benzene rings is 1. The van der Waals surface area contributed by atoms with Crippen molar-refractivity contribution < 1.29 is 9.84 Å². The molecule has 1 N–H and O–H groups in total. The first kappa shape index (κ1) is 16.9. The normalized spacial score (nSPS) is 27.6. The van der Waals surface area contributed by atoms with Crippen LogP contribution < -0.4 is 0 Å². The SMILES string of the molecule is COC[C@H](O)CN1CC[C@@H]2[C@H](CCCN2Cc2ccccc2)C1. The Balaban J connectivity index is 1.55. The minimum absolute atomic E-state index is 0.361. The minimum Gasteiger partial charge on any atom is -0.389 e. The summed E-state index contributed by atoms with van der Waals surface area (Å²) < 4.78 is 5.05. The molecule has 0 spiro atoms. The monoisotopic (exact) mass is 318 g/mol. The third-order valence-corrected chi connectivity index (χ3v) is 5.32. The van der Waals surface area contributed by atoms with Crippen molar-refractivity contribution >= 4 is 0 Å². The number of hydrogen-bond acceptors (Lipinski definition) is 4. The highest BCUT2D eigenvalue weighted by Crippen LogP contribution is 2.31. The van der Waals surface area contributed by atoms with E-state index < -0.39 is 0 Å². The molecule has 4 nitrogen and oxygen atoms in total. The predicted molar refractivity (Wildman–Crippen MR) is 92.3 cm³/mol.